The molecule has 0 saturated carbocycles. The summed E-state index contributed by atoms with van der Waals surface area (Å²) in [7, 11) is 0. The van der Waals surface area contributed by atoms with E-state index in [2.05, 4.69) is 4.98 Å². The molecular formula is C15H14N2O2S2. The van der Waals surface area contributed by atoms with Gasteiger partial charge < -0.3 is 9.72 Å². The fraction of sp³-hybridized carbons (Fsp3) is 0.200. The van der Waals surface area contributed by atoms with Crippen molar-refractivity contribution >= 4 is 33.8 Å². The number of hydrogen-bond acceptors (Lipinski definition) is 4. The molecule has 2 aromatic heterocycles. The second-order valence-corrected chi connectivity index (χ2v) is 6.20. The Bertz CT molecular complexity index is 888. The van der Waals surface area contributed by atoms with Crippen LogP contribution in [0.3, 0.4) is 0 Å². The summed E-state index contributed by atoms with van der Waals surface area (Å²) in [5.41, 5.74) is 1.42. The molecule has 6 heteroatoms. The molecule has 1 N–H and O–H groups in total. The fourth-order valence-corrected chi connectivity index (χ4v) is 3.20. The molecule has 0 fully saturated rings. The van der Waals surface area contributed by atoms with Crippen LogP contribution in [0.2, 0.25) is 0 Å². The molecule has 0 aliphatic carbocycles. The molecule has 0 radical (unpaired) electrons. The quantitative estimate of drug-likeness (QED) is 0.745. The van der Waals surface area contributed by atoms with Crippen molar-refractivity contribution in [2.75, 3.05) is 0 Å². The Morgan fingerprint density at radius 3 is 2.62 bits per heavy atom. The van der Waals surface area contributed by atoms with Gasteiger partial charge in [-0.2, -0.15) is 0 Å². The molecule has 21 heavy (non-hydrogen) atoms. The third-order valence-electron chi connectivity index (χ3n) is 2.97. The molecule has 4 nitrogen and oxygen atoms in total. The maximum atomic E-state index is 12.5. The van der Waals surface area contributed by atoms with Gasteiger partial charge in [-0.3, -0.25) is 9.36 Å². The zero-order chi connectivity index (χ0) is 15.0. The number of ether oxygens (including phenoxy) is 1. The Kier molecular flexibility index (Phi) is 3.65. The number of aromatic nitrogens is 2. The first kappa shape index (κ1) is 14.0. The number of thiophene rings is 1. The lowest BCUT2D eigenvalue weighted by atomic mass is 10.3. The van der Waals surface area contributed by atoms with Crippen LogP contribution in [0.15, 0.2) is 40.5 Å². The molecule has 2 heterocycles. The molecule has 0 unspecified atom stereocenters. The van der Waals surface area contributed by atoms with Crippen molar-refractivity contribution in [2.45, 2.75) is 20.0 Å². The van der Waals surface area contributed by atoms with E-state index in [0.29, 0.717) is 9.47 Å². The van der Waals surface area contributed by atoms with E-state index in [1.165, 1.54) is 15.9 Å². The lowest BCUT2D eigenvalue weighted by Crippen LogP contribution is -2.19. The number of rotatable bonds is 3. The zero-order valence-electron chi connectivity index (χ0n) is 11.6. The molecule has 3 aromatic rings. The number of nitrogens with one attached hydrogen (secondary N) is 1. The van der Waals surface area contributed by atoms with E-state index in [0.717, 1.165) is 17.0 Å². The molecule has 0 aliphatic rings. The Morgan fingerprint density at radius 1 is 1.24 bits per heavy atom. The minimum absolute atomic E-state index is 0.0960. The first-order valence-electron chi connectivity index (χ1n) is 6.56. The van der Waals surface area contributed by atoms with Gasteiger partial charge >= 0.3 is 0 Å². The molecule has 0 atom stereocenters. The Hall–Kier alpha value is -1.92. The summed E-state index contributed by atoms with van der Waals surface area (Å²) in [6.07, 6.45) is 0.115. The van der Waals surface area contributed by atoms with Crippen molar-refractivity contribution < 1.29 is 4.74 Å². The van der Waals surface area contributed by atoms with Crippen LogP contribution in [-0.2, 0) is 0 Å². The van der Waals surface area contributed by atoms with Crippen LogP contribution in [0, 0.1) is 4.77 Å². The van der Waals surface area contributed by atoms with Gasteiger partial charge in [0, 0.05) is 0 Å². The summed E-state index contributed by atoms with van der Waals surface area (Å²) in [6, 6.07) is 9.22. The summed E-state index contributed by atoms with van der Waals surface area (Å²) >= 11 is 6.71. The minimum atomic E-state index is -0.0960. The summed E-state index contributed by atoms with van der Waals surface area (Å²) in [5, 5.41) is 1.88. The van der Waals surface area contributed by atoms with Gasteiger partial charge in [-0.15, -0.1) is 11.3 Å². The van der Waals surface area contributed by atoms with Crippen LogP contribution in [0.4, 0.5) is 0 Å². The van der Waals surface area contributed by atoms with Crippen molar-refractivity contribution in [2.24, 2.45) is 0 Å². The molecule has 108 valence electrons. The van der Waals surface area contributed by atoms with Gasteiger partial charge in [0.2, 0.25) is 0 Å². The van der Waals surface area contributed by atoms with Gasteiger partial charge in [-0.25, -0.2) is 0 Å². The standard InChI is InChI=1S/C15H14N2O2S2/c1-9(2)19-11-5-3-10(4-6-11)17-14(18)13-12(7-8-21-13)16-15(17)20/h3-9H,1-2H3,(H,16,20). The van der Waals surface area contributed by atoms with Gasteiger partial charge in [0.15, 0.2) is 4.77 Å². The highest BCUT2D eigenvalue weighted by atomic mass is 32.1. The monoisotopic (exact) mass is 318 g/mol. The number of aromatic amines is 1. The largest absolute Gasteiger partial charge is 0.491 e. The first-order valence-corrected chi connectivity index (χ1v) is 7.84. The number of benzene rings is 1. The van der Waals surface area contributed by atoms with E-state index in [1.54, 1.807) is 0 Å². The minimum Gasteiger partial charge on any atom is -0.491 e. The summed E-state index contributed by atoms with van der Waals surface area (Å²) < 4.78 is 8.18. The van der Waals surface area contributed by atoms with Crippen molar-refractivity contribution in [3.05, 3.63) is 50.8 Å². The van der Waals surface area contributed by atoms with Gasteiger partial charge in [0.25, 0.3) is 5.56 Å². The Balaban J connectivity index is 2.12. The third kappa shape index (κ3) is 2.64. The lowest BCUT2D eigenvalue weighted by molar-refractivity contribution is 0.242. The van der Waals surface area contributed by atoms with Gasteiger partial charge in [0.1, 0.15) is 10.4 Å². The van der Waals surface area contributed by atoms with Gasteiger partial charge in [0.05, 0.1) is 17.3 Å². The normalized spacial score (nSPS) is 11.2. The third-order valence-corrected chi connectivity index (χ3v) is 4.16. The highest BCUT2D eigenvalue weighted by Gasteiger charge is 2.08. The van der Waals surface area contributed by atoms with E-state index in [4.69, 9.17) is 17.0 Å². The first-order chi connectivity index (χ1) is 10.1. The van der Waals surface area contributed by atoms with Crippen LogP contribution in [0.1, 0.15) is 13.8 Å². The Labute approximate surface area is 130 Å². The molecular weight excluding hydrogens is 304 g/mol. The SMILES string of the molecule is CC(C)Oc1ccc(-n2c(=S)[nH]c3ccsc3c2=O)cc1. The smallest absolute Gasteiger partial charge is 0.276 e. The number of hydrogen-bond donors (Lipinski definition) is 1. The van der Waals surface area contributed by atoms with Crippen molar-refractivity contribution in [1.82, 2.24) is 9.55 Å². The predicted octanol–water partition coefficient (Wildman–Crippen LogP) is 3.90. The highest BCUT2D eigenvalue weighted by Crippen LogP contribution is 2.18. The second-order valence-electron chi connectivity index (χ2n) is 4.89. The molecule has 1 aromatic carbocycles. The van der Waals surface area contributed by atoms with Crippen LogP contribution in [0.5, 0.6) is 5.75 Å². The topological polar surface area (TPSA) is 47.0 Å². The van der Waals surface area contributed by atoms with Crippen molar-refractivity contribution in [1.29, 1.82) is 0 Å². The van der Waals surface area contributed by atoms with Crippen molar-refractivity contribution in [3.63, 3.8) is 0 Å². The van der Waals surface area contributed by atoms with Crippen LogP contribution in [-0.4, -0.2) is 15.7 Å². The number of nitrogens with zero attached hydrogens (tertiary/aromatic N) is 1. The van der Waals surface area contributed by atoms with Crippen LogP contribution in [0.25, 0.3) is 15.9 Å². The summed E-state index contributed by atoms with van der Waals surface area (Å²) in [4.78, 5) is 15.6. The molecule has 3 rings (SSSR count). The van der Waals surface area contributed by atoms with Crippen LogP contribution >= 0.6 is 23.6 Å². The summed E-state index contributed by atoms with van der Waals surface area (Å²) in [5.74, 6) is 0.772. The number of fused-ring (bicyclic) bond motifs is 1. The van der Waals surface area contributed by atoms with Gasteiger partial charge in [-0.05, 0) is 61.8 Å². The van der Waals surface area contributed by atoms with E-state index < -0.39 is 0 Å². The van der Waals surface area contributed by atoms with E-state index >= 15 is 0 Å². The summed E-state index contributed by atoms with van der Waals surface area (Å²) in [6.45, 7) is 3.94. The van der Waals surface area contributed by atoms with Gasteiger partial charge in [-0.1, -0.05) is 0 Å². The maximum absolute atomic E-state index is 12.5. The fourth-order valence-electron chi connectivity index (χ4n) is 2.12. The molecule has 0 bridgehead atoms. The van der Waals surface area contributed by atoms with E-state index in [1.807, 2.05) is 49.6 Å². The average molecular weight is 318 g/mol. The second kappa shape index (κ2) is 5.46. The molecule has 0 amide bonds. The molecule has 0 saturated heterocycles. The van der Waals surface area contributed by atoms with Crippen LogP contribution < -0.4 is 10.3 Å². The molecule has 0 spiro atoms. The number of H-pyrrole nitrogens is 1. The lowest BCUT2D eigenvalue weighted by Gasteiger charge is -2.11. The van der Waals surface area contributed by atoms with E-state index in [-0.39, 0.29) is 11.7 Å². The Morgan fingerprint density at radius 2 is 1.95 bits per heavy atom. The maximum Gasteiger partial charge on any atom is 0.276 e. The predicted molar refractivity (Wildman–Crippen MR) is 88.4 cm³/mol. The van der Waals surface area contributed by atoms with E-state index in [9.17, 15) is 4.79 Å². The van der Waals surface area contributed by atoms with Crippen molar-refractivity contribution in [3.8, 4) is 11.4 Å². The molecule has 0 aliphatic heterocycles. The average Bonchev–Trinajstić information content (AvgIpc) is 2.88. The highest BCUT2D eigenvalue weighted by molar-refractivity contribution is 7.71. The zero-order valence-corrected chi connectivity index (χ0v) is 13.3.